The number of hydrogen-bond donors (Lipinski definition) is 3. The molecule has 0 aliphatic heterocycles. The van der Waals surface area contributed by atoms with Crippen LogP contribution >= 0.6 is 11.3 Å². The number of aliphatic imine (C=N–C) groups is 1. The minimum absolute atomic E-state index is 0.161. The molecule has 0 spiro atoms. The first-order valence-electron chi connectivity index (χ1n) is 8.08. The van der Waals surface area contributed by atoms with Gasteiger partial charge in [-0.1, -0.05) is 37.3 Å². The fourth-order valence-electron chi connectivity index (χ4n) is 2.24. The predicted molar refractivity (Wildman–Crippen MR) is 103 cm³/mol. The van der Waals surface area contributed by atoms with Crippen molar-refractivity contribution < 1.29 is 8.42 Å². The van der Waals surface area contributed by atoms with E-state index in [2.05, 4.69) is 34.7 Å². The fourth-order valence-corrected chi connectivity index (χ4v) is 3.95. The van der Waals surface area contributed by atoms with Gasteiger partial charge >= 0.3 is 0 Å². The molecular formula is C17H24N4O2S2. The molecule has 8 heteroatoms. The Bertz CT molecular complexity index is 801. The summed E-state index contributed by atoms with van der Waals surface area (Å²) in [6.45, 7) is 6.06. The lowest BCUT2D eigenvalue weighted by molar-refractivity contribution is 0.600. The van der Waals surface area contributed by atoms with Crippen LogP contribution in [0, 0.1) is 0 Å². The zero-order valence-electron chi connectivity index (χ0n) is 14.4. The summed E-state index contributed by atoms with van der Waals surface area (Å²) < 4.78 is 22.8. The molecule has 1 aromatic carbocycles. The molecule has 1 heterocycles. The molecule has 0 amide bonds. The molecule has 0 saturated carbocycles. The molecule has 0 aliphatic carbocycles. The van der Waals surface area contributed by atoms with Crippen LogP contribution in [-0.4, -0.2) is 27.5 Å². The van der Waals surface area contributed by atoms with Crippen molar-refractivity contribution in [2.24, 2.45) is 10.1 Å². The number of nitrogens with one attached hydrogen (secondary N) is 2. The van der Waals surface area contributed by atoms with Gasteiger partial charge in [-0.15, -0.1) is 11.3 Å². The predicted octanol–water partition coefficient (Wildman–Crippen LogP) is 2.25. The highest BCUT2D eigenvalue weighted by Crippen LogP contribution is 2.20. The van der Waals surface area contributed by atoms with E-state index >= 15 is 0 Å². The van der Waals surface area contributed by atoms with Gasteiger partial charge in [0.05, 0.1) is 6.54 Å². The van der Waals surface area contributed by atoms with E-state index in [1.54, 1.807) is 6.07 Å². The third kappa shape index (κ3) is 6.15. The van der Waals surface area contributed by atoms with Crippen LogP contribution in [0.25, 0.3) is 0 Å². The van der Waals surface area contributed by atoms with Crippen molar-refractivity contribution in [3.05, 3.63) is 52.9 Å². The lowest BCUT2D eigenvalue weighted by atomic mass is 10.0. The Balaban J connectivity index is 1.97. The summed E-state index contributed by atoms with van der Waals surface area (Å²) in [5.41, 5.74) is 1.27. The van der Waals surface area contributed by atoms with E-state index in [-0.39, 0.29) is 4.21 Å². The second-order valence-electron chi connectivity index (χ2n) is 5.65. The zero-order valence-corrected chi connectivity index (χ0v) is 16.0. The van der Waals surface area contributed by atoms with Gasteiger partial charge in [-0.25, -0.2) is 18.5 Å². The second-order valence-corrected chi connectivity index (χ2v) is 8.61. The number of rotatable bonds is 7. The maximum atomic E-state index is 11.3. The average molecular weight is 381 g/mol. The molecule has 2 rings (SSSR count). The quantitative estimate of drug-likeness (QED) is 0.507. The number of sulfonamides is 1. The molecule has 0 bridgehead atoms. The number of thiophene rings is 1. The Morgan fingerprint density at radius 1 is 1.20 bits per heavy atom. The topological polar surface area (TPSA) is 96.6 Å². The summed E-state index contributed by atoms with van der Waals surface area (Å²) in [6, 6.07) is 13.5. The number of hydrogen-bond acceptors (Lipinski definition) is 4. The summed E-state index contributed by atoms with van der Waals surface area (Å²) in [4.78, 5) is 5.36. The highest BCUT2D eigenvalue weighted by atomic mass is 32.2. The molecule has 1 aromatic heterocycles. The maximum absolute atomic E-state index is 11.3. The van der Waals surface area contributed by atoms with Crippen LogP contribution in [0.2, 0.25) is 0 Å². The largest absolute Gasteiger partial charge is 0.357 e. The van der Waals surface area contributed by atoms with E-state index in [9.17, 15) is 8.42 Å². The van der Waals surface area contributed by atoms with Crippen molar-refractivity contribution in [1.82, 2.24) is 10.6 Å². The number of nitrogens with zero attached hydrogens (tertiary/aromatic N) is 1. The molecule has 4 N–H and O–H groups in total. The molecule has 136 valence electrons. The standard InChI is InChI=1S/C17H24N4O2S2/c1-3-19-17(20-11-13(2)14-7-5-4-6-8-14)21-12-15-9-10-16(24-15)25(18,22)23/h4-10,13H,3,11-12H2,1-2H3,(H2,18,22,23)(H2,19,20,21). The molecule has 0 fully saturated rings. The molecule has 0 aliphatic rings. The summed E-state index contributed by atoms with van der Waals surface area (Å²) in [7, 11) is -3.64. The lowest BCUT2D eigenvalue weighted by Crippen LogP contribution is -2.39. The molecule has 1 unspecified atom stereocenters. The van der Waals surface area contributed by atoms with Crippen molar-refractivity contribution in [3.63, 3.8) is 0 Å². The Morgan fingerprint density at radius 2 is 1.92 bits per heavy atom. The first kappa shape index (κ1) is 19.4. The van der Waals surface area contributed by atoms with E-state index in [1.807, 2.05) is 25.1 Å². The van der Waals surface area contributed by atoms with Gasteiger partial charge in [-0.3, -0.25) is 0 Å². The first-order chi connectivity index (χ1) is 11.9. The number of nitrogens with two attached hydrogens (primary N) is 1. The second kappa shape index (κ2) is 8.98. The van der Waals surface area contributed by atoms with Gasteiger partial charge in [0, 0.05) is 18.0 Å². The van der Waals surface area contributed by atoms with Crippen LogP contribution < -0.4 is 15.8 Å². The SMILES string of the molecule is CCNC(=NCc1ccc(S(N)(=O)=O)s1)NCC(C)c1ccccc1. The molecule has 6 nitrogen and oxygen atoms in total. The van der Waals surface area contributed by atoms with Crippen molar-refractivity contribution >= 4 is 27.3 Å². The third-order valence-corrected chi connectivity index (χ3v) is 6.11. The Morgan fingerprint density at radius 3 is 2.52 bits per heavy atom. The van der Waals surface area contributed by atoms with E-state index in [0.717, 1.165) is 29.3 Å². The third-order valence-electron chi connectivity index (χ3n) is 3.60. The van der Waals surface area contributed by atoms with E-state index in [0.29, 0.717) is 18.4 Å². The number of benzene rings is 1. The highest BCUT2D eigenvalue weighted by Gasteiger charge is 2.11. The maximum Gasteiger partial charge on any atom is 0.247 e. The lowest BCUT2D eigenvalue weighted by Gasteiger charge is -2.16. The van der Waals surface area contributed by atoms with Crippen LogP contribution in [0.1, 0.15) is 30.2 Å². The van der Waals surface area contributed by atoms with Gasteiger partial charge in [-0.2, -0.15) is 0 Å². The van der Waals surface area contributed by atoms with Crippen LogP contribution in [-0.2, 0) is 16.6 Å². The molecular weight excluding hydrogens is 356 g/mol. The van der Waals surface area contributed by atoms with Gasteiger partial charge in [0.1, 0.15) is 4.21 Å². The van der Waals surface area contributed by atoms with Crippen LogP contribution in [0.15, 0.2) is 51.7 Å². The molecule has 2 aromatic rings. The van der Waals surface area contributed by atoms with Crippen molar-refractivity contribution in [2.45, 2.75) is 30.5 Å². The van der Waals surface area contributed by atoms with E-state index in [4.69, 9.17) is 5.14 Å². The zero-order chi connectivity index (χ0) is 18.3. The molecule has 25 heavy (non-hydrogen) atoms. The smallest absolute Gasteiger partial charge is 0.247 e. The number of primary sulfonamides is 1. The van der Waals surface area contributed by atoms with Gasteiger partial charge in [0.15, 0.2) is 5.96 Å². The van der Waals surface area contributed by atoms with Crippen molar-refractivity contribution in [1.29, 1.82) is 0 Å². The summed E-state index contributed by atoms with van der Waals surface area (Å²) >= 11 is 1.15. The highest BCUT2D eigenvalue weighted by molar-refractivity contribution is 7.91. The Hall–Kier alpha value is -1.90. The van der Waals surface area contributed by atoms with Crippen molar-refractivity contribution in [2.75, 3.05) is 13.1 Å². The minimum Gasteiger partial charge on any atom is -0.357 e. The first-order valence-corrected chi connectivity index (χ1v) is 10.4. The van der Waals surface area contributed by atoms with Crippen molar-refractivity contribution in [3.8, 4) is 0 Å². The van der Waals surface area contributed by atoms with E-state index in [1.165, 1.54) is 11.6 Å². The monoisotopic (exact) mass is 380 g/mol. The Kier molecular flexibility index (Phi) is 6.98. The summed E-state index contributed by atoms with van der Waals surface area (Å²) in [5, 5.41) is 11.7. The van der Waals surface area contributed by atoms with Gasteiger partial charge in [0.25, 0.3) is 0 Å². The van der Waals surface area contributed by atoms with Gasteiger partial charge < -0.3 is 10.6 Å². The molecule has 0 radical (unpaired) electrons. The molecule has 0 saturated heterocycles. The van der Waals surface area contributed by atoms with Crippen LogP contribution in [0.3, 0.4) is 0 Å². The van der Waals surface area contributed by atoms with E-state index < -0.39 is 10.0 Å². The van der Waals surface area contributed by atoms with Crippen LogP contribution in [0.5, 0.6) is 0 Å². The van der Waals surface area contributed by atoms with Gasteiger partial charge in [0.2, 0.25) is 10.0 Å². The molecule has 1 atom stereocenters. The summed E-state index contributed by atoms with van der Waals surface area (Å²) in [6.07, 6.45) is 0. The normalized spacial score (nSPS) is 13.5. The minimum atomic E-state index is -3.64. The Labute approximate surface area is 153 Å². The average Bonchev–Trinajstić information content (AvgIpc) is 3.07. The van der Waals surface area contributed by atoms with Gasteiger partial charge in [-0.05, 0) is 30.5 Å². The fraction of sp³-hybridized carbons (Fsp3) is 0.353. The number of guanidine groups is 1. The summed E-state index contributed by atoms with van der Waals surface area (Å²) in [5.74, 6) is 1.05. The van der Waals surface area contributed by atoms with Crippen LogP contribution in [0.4, 0.5) is 0 Å².